The lowest BCUT2D eigenvalue weighted by Crippen LogP contribution is -2.35. The molecule has 5 rings (SSSR count). The average molecular weight is 521 g/mol. The first-order chi connectivity index (χ1) is 17.6. The summed E-state index contributed by atoms with van der Waals surface area (Å²) < 4.78 is 0. The summed E-state index contributed by atoms with van der Waals surface area (Å²) in [5.74, 6) is 2.02. The van der Waals surface area contributed by atoms with Gasteiger partial charge >= 0.3 is 0 Å². The van der Waals surface area contributed by atoms with Crippen LogP contribution in [0.5, 0.6) is 0 Å². The van der Waals surface area contributed by atoms with Crippen molar-refractivity contribution >= 4 is 46.5 Å². The van der Waals surface area contributed by atoms with Crippen LogP contribution in [0.25, 0.3) is 0 Å². The standard InChI is InChI=1S/C26H32N8S2/c1-19-6-4-15-34(18-19)22-16-23(36-26-27-11-5-12-28-26)31-24(30-22)32-25(35)29-17-20-7-9-21(10-8-20)33-13-2-3-14-33/h5,7-12,16,19H,2-4,6,13-15,17-18H2,1H3,(H2,29,30,31,32,35)/t19-/m0/s1. The van der Waals surface area contributed by atoms with E-state index >= 15 is 0 Å². The van der Waals surface area contributed by atoms with Crippen molar-refractivity contribution < 1.29 is 0 Å². The summed E-state index contributed by atoms with van der Waals surface area (Å²) in [5, 5.41) is 8.42. The van der Waals surface area contributed by atoms with Crippen LogP contribution in [0.1, 0.15) is 38.2 Å². The highest BCUT2D eigenvalue weighted by atomic mass is 32.2. The molecule has 2 aliphatic rings. The Hall–Kier alpha value is -2.98. The molecule has 1 aromatic carbocycles. The Morgan fingerprint density at radius 1 is 1.03 bits per heavy atom. The molecule has 0 amide bonds. The molecule has 0 spiro atoms. The Labute approximate surface area is 222 Å². The molecule has 3 aromatic rings. The Bertz CT molecular complexity index is 1150. The smallest absolute Gasteiger partial charge is 0.232 e. The Morgan fingerprint density at radius 2 is 1.78 bits per heavy atom. The zero-order valence-electron chi connectivity index (χ0n) is 20.6. The van der Waals surface area contributed by atoms with Gasteiger partial charge in [-0.25, -0.2) is 15.0 Å². The monoisotopic (exact) mass is 520 g/mol. The van der Waals surface area contributed by atoms with Crippen LogP contribution < -0.4 is 20.4 Å². The van der Waals surface area contributed by atoms with Gasteiger partial charge in [0.15, 0.2) is 10.3 Å². The van der Waals surface area contributed by atoms with Crippen molar-refractivity contribution in [3.63, 3.8) is 0 Å². The van der Waals surface area contributed by atoms with E-state index < -0.39 is 0 Å². The van der Waals surface area contributed by atoms with E-state index in [0.29, 0.717) is 28.7 Å². The lowest BCUT2D eigenvalue weighted by Gasteiger charge is -2.32. The van der Waals surface area contributed by atoms with E-state index in [1.165, 1.54) is 42.3 Å². The van der Waals surface area contributed by atoms with Crippen molar-refractivity contribution in [2.75, 3.05) is 41.3 Å². The van der Waals surface area contributed by atoms with Gasteiger partial charge in [-0.15, -0.1) is 0 Å². The maximum absolute atomic E-state index is 5.58. The van der Waals surface area contributed by atoms with E-state index in [-0.39, 0.29) is 0 Å². The molecule has 0 bridgehead atoms. The summed E-state index contributed by atoms with van der Waals surface area (Å²) in [7, 11) is 0. The van der Waals surface area contributed by atoms with Gasteiger partial charge in [-0.2, -0.15) is 4.98 Å². The fourth-order valence-corrected chi connectivity index (χ4v) is 5.51. The second-order valence-electron chi connectivity index (χ2n) is 9.38. The lowest BCUT2D eigenvalue weighted by atomic mass is 10.0. The second kappa shape index (κ2) is 11.8. The number of anilines is 3. The molecule has 188 valence electrons. The molecule has 0 aliphatic carbocycles. The summed E-state index contributed by atoms with van der Waals surface area (Å²) >= 11 is 7.01. The van der Waals surface area contributed by atoms with E-state index in [9.17, 15) is 0 Å². The minimum absolute atomic E-state index is 0.478. The van der Waals surface area contributed by atoms with Crippen molar-refractivity contribution in [1.29, 1.82) is 0 Å². The van der Waals surface area contributed by atoms with Gasteiger partial charge in [-0.05, 0) is 79.3 Å². The first-order valence-corrected chi connectivity index (χ1v) is 13.8. The van der Waals surface area contributed by atoms with E-state index in [1.54, 1.807) is 12.4 Å². The molecule has 4 heterocycles. The summed E-state index contributed by atoms with van der Waals surface area (Å²) in [6.45, 7) is 7.20. The van der Waals surface area contributed by atoms with Crippen molar-refractivity contribution in [1.82, 2.24) is 25.3 Å². The summed E-state index contributed by atoms with van der Waals surface area (Å²) in [6.07, 6.45) is 8.44. The van der Waals surface area contributed by atoms with Gasteiger partial charge in [0.25, 0.3) is 0 Å². The van der Waals surface area contributed by atoms with Crippen molar-refractivity contribution in [2.24, 2.45) is 5.92 Å². The van der Waals surface area contributed by atoms with Crippen molar-refractivity contribution in [2.45, 2.75) is 49.3 Å². The van der Waals surface area contributed by atoms with E-state index in [4.69, 9.17) is 22.2 Å². The molecule has 8 nitrogen and oxygen atoms in total. The molecule has 2 fully saturated rings. The largest absolute Gasteiger partial charge is 0.372 e. The van der Waals surface area contributed by atoms with Crippen LogP contribution in [0.3, 0.4) is 0 Å². The zero-order valence-corrected chi connectivity index (χ0v) is 22.2. The average Bonchev–Trinajstić information content (AvgIpc) is 3.43. The van der Waals surface area contributed by atoms with Crippen LogP contribution in [0, 0.1) is 5.92 Å². The molecule has 2 saturated heterocycles. The SMILES string of the molecule is C[C@H]1CCCN(c2cc(Sc3ncccn3)nc(NC(=S)NCc3ccc(N4CCCC4)cc3)n2)C1. The predicted octanol–water partition coefficient (Wildman–Crippen LogP) is 4.74. The maximum Gasteiger partial charge on any atom is 0.232 e. The quantitative estimate of drug-likeness (QED) is 0.259. The van der Waals surface area contributed by atoms with Gasteiger partial charge in [0.2, 0.25) is 5.95 Å². The van der Waals surface area contributed by atoms with Crippen molar-refractivity contribution in [3.05, 3.63) is 54.4 Å². The van der Waals surface area contributed by atoms with Gasteiger partial charge in [0.05, 0.1) is 0 Å². The van der Waals surface area contributed by atoms with Crippen LogP contribution in [-0.4, -0.2) is 51.2 Å². The predicted molar refractivity (Wildman–Crippen MR) is 150 cm³/mol. The van der Waals surface area contributed by atoms with Crippen LogP contribution in [0.2, 0.25) is 0 Å². The number of rotatable bonds is 7. The molecule has 0 unspecified atom stereocenters. The summed E-state index contributed by atoms with van der Waals surface area (Å²) in [6, 6.07) is 12.5. The Kier molecular flexibility index (Phi) is 8.12. The van der Waals surface area contributed by atoms with Crippen molar-refractivity contribution in [3.8, 4) is 0 Å². The number of nitrogens with zero attached hydrogens (tertiary/aromatic N) is 6. The number of nitrogens with one attached hydrogen (secondary N) is 2. The third kappa shape index (κ3) is 6.61. The number of benzene rings is 1. The van der Waals surface area contributed by atoms with E-state index in [1.807, 2.05) is 12.1 Å². The Morgan fingerprint density at radius 3 is 2.53 bits per heavy atom. The third-order valence-corrected chi connectivity index (χ3v) is 7.55. The highest BCUT2D eigenvalue weighted by Gasteiger charge is 2.20. The Balaban J connectivity index is 1.25. The molecule has 2 aromatic heterocycles. The first kappa shape index (κ1) is 24.7. The van der Waals surface area contributed by atoms with Gasteiger partial charge in [0, 0.05) is 56.9 Å². The molecule has 0 saturated carbocycles. The lowest BCUT2D eigenvalue weighted by molar-refractivity contribution is 0.444. The summed E-state index contributed by atoms with van der Waals surface area (Å²) in [5.41, 5.74) is 2.47. The highest BCUT2D eigenvalue weighted by molar-refractivity contribution is 7.99. The van der Waals surface area contributed by atoms with E-state index in [2.05, 4.69) is 61.6 Å². The number of hydrogen-bond donors (Lipinski definition) is 2. The van der Waals surface area contributed by atoms with Crippen LogP contribution in [0.15, 0.2) is 59.0 Å². The molecule has 10 heteroatoms. The van der Waals surface area contributed by atoms with Gasteiger partial charge in [0.1, 0.15) is 10.8 Å². The van der Waals surface area contributed by atoms with Crippen LogP contribution >= 0.6 is 24.0 Å². The zero-order chi connectivity index (χ0) is 24.7. The first-order valence-electron chi connectivity index (χ1n) is 12.6. The molecule has 1 atom stereocenters. The third-order valence-electron chi connectivity index (χ3n) is 6.49. The van der Waals surface area contributed by atoms with Gasteiger partial charge < -0.3 is 20.4 Å². The van der Waals surface area contributed by atoms with E-state index in [0.717, 1.165) is 43.4 Å². The number of aromatic nitrogens is 4. The summed E-state index contributed by atoms with van der Waals surface area (Å²) in [4.78, 5) is 22.9. The number of thiocarbonyl (C=S) groups is 1. The molecule has 2 N–H and O–H groups in total. The fraction of sp³-hybridized carbons (Fsp3) is 0.423. The normalized spacial score (nSPS) is 17.8. The number of piperidine rings is 1. The molecular weight excluding hydrogens is 488 g/mol. The van der Waals surface area contributed by atoms with Gasteiger partial charge in [-0.3, -0.25) is 0 Å². The van der Waals surface area contributed by atoms with Crippen LogP contribution in [0.4, 0.5) is 17.5 Å². The van der Waals surface area contributed by atoms with Crippen LogP contribution in [-0.2, 0) is 6.54 Å². The molecular formula is C26H32N8S2. The van der Waals surface area contributed by atoms with Gasteiger partial charge in [-0.1, -0.05) is 19.1 Å². The highest BCUT2D eigenvalue weighted by Crippen LogP contribution is 2.29. The second-order valence-corrected chi connectivity index (χ2v) is 10.8. The minimum Gasteiger partial charge on any atom is -0.372 e. The molecule has 0 radical (unpaired) electrons. The minimum atomic E-state index is 0.478. The number of hydrogen-bond acceptors (Lipinski definition) is 8. The topological polar surface area (TPSA) is 82.1 Å². The molecule has 36 heavy (non-hydrogen) atoms. The maximum atomic E-state index is 5.58. The fourth-order valence-electron chi connectivity index (χ4n) is 4.64. The molecule has 2 aliphatic heterocycles.